The monoisotopic (exact) mass is 395 g/mol. The normalized spacial score (nSPS) is 23.0. The van der Waals surface area contributed by atoms with Crippen LogP contribution >= 0.6 is 8.96 Å². The SMILES string of the molecule is CC(C)OC(=O)CNPOCC1CC(C)C(c2ccc3c(N)ncnn23)O1. The van der Waals surface area contributed by atoms with Crippen molar-refractivity contribution < 1.29 is 18.8 Å². The number of rotatable bonds is 8. The van der Waals surface area contributed by atoms with E-state index in [-0.39, 0.29) is 39.8 Å². The summed E-state index contributed by atoms with van der Waals surface area (Å²) >= 11 is 0. The maximum Gasteiger partial charge on any atom is 0.320 e. The number of carbonyl (C=O) groups excluding carboxylic acids is 1. The first kappa shape index (κ1) is 19.9. The number of anilines is 1. The summed E-state index contributed by atoms with van der Waals surface area (Å²) in [5.41, 5.74) is 7.64. The Bertz CT molecular complexity index is 784. The van der Waals surface area contributed by atoms with Crippen molar-refractivity contribution in [3.05, 3.63) is 24.2 Å². The molecular formula is C17H26N5O4P. The van der Waals surface area contributed by atoms with Gasteiger partial charge in [-0.2, -0.15) is 5.10 Å². The maximum absolute atomic E-state index is 11.4. The Labute approximate surface area is 159 Å². The summed E-state index contributed by atoms with van der Waals surface area (Å²) in [6, 6.07) is 3.89. The van der Waals surface area contributed by atoms with Crippen molar-refractivity contribution in [3.8, 4) is 0 Å². The number of hydrogen-bond donors (Lipinski definition) is 2. The Morgan fingerprint density at radius 1 is 1.52 bits per heavy atom. The smallest absolute Gasteiger partial charge is 0.320 e. The molecule has 3 N–H and O–H groups in total. The molecule has 1 fully saturated rings. The first-order chi connectivity index (χ1) is 13.0. The number of ether oxygens (including phenoxy) is 2. The van der Waals surface area contributed by atoms with Crippen LogP contribution in [0.4, 0.5) is 5.82 Å². The first-order valence-corrected chi connectivity index (χ1v) is 9.89. The van der Waals surface area contributed by atoms with Crippen LogP contribution in [-0.2, 0) is 18.8 Å². The van der Waals surface area contributed by atoms with E-state index in [1.165, 1.54) is 6.33 Å². The zero-order valence-electron chi connectivity index (χ0n) is 15.7. The number of carbonyl (C=O) groups is 1. The van der Waals surface area contributed by atoms with Crippen molar-refractivity contribution in [2.24, 2.45) is 5.92 Å². The third-order valence-electron chi connectivity index (χ3n) is 4.31. The lowest BCUT2D eigenvalue weighted by Crippen LogP contribution is -2.22. The Morgan fingerprint density at radius 2 is 2.33 bits per heavy atom. The average Bonchev–Trinajstić information content (AvgIpc) is 3.18. The molecule has 3 rings (SSSR count). The Kier molecular flexibility index (Phi) is 6.59. The molecule has 10 heteroatoms. The van der Waals surface area contributed by atoms with Crippen molar-refractivity contribution in [3.63, 3.8) is 0 Å². The van der Waals surface area contributed by atoms with Crippen molar-refractivity contribution in [2.75, 3.05) is 18.9 Å². The molecule has 1 saturated heterocycles. The number of nitrogens with two attached hydrogens (primary N) is 1. The molecule has 3 heterocycles. The van der Waals surface area contributed by atoms with E-state index in [0.717, 1.165) is 17.6 Å². The Hall–Kier alpha value is -1.80. The summed E-state index contributed by atoms with van der Waals surface area (Å²) in [6.45, 7) is 6.39. The fraction of sp³-hybridized carbons (Fsp3) is 0.588. The van der Waals surface area contributed by atoms with E-state index in [1.807, 2.05) is 26.0 Å². The highest BCUT2D eigenvalue weighted by molar-refractivity contribution is 7.29. The second-order valence-electron chi connectivity index (χ2n) is 6.90. The summed E-state index contributed by atoms with van der Waals surface area (Å²) in [7, 11) is 0.0148. The lowest BCUT2D eigenvalue weighted by Gasteiger charge is -2.16. The summed E-state index contributed by atoms with van der Waals surface area (Å²) in [4.78, 5) is 15.5. The van der Waals surface area contributed by atoms with Crippen LogP contribution in [0.2, 0.25) is 0 Å². The lowest BCUT2D eigenvalue weighted by atomic mass is 10.00. The molecule has 9 nitrogen and oxygen atoms in total. The minimum absolute atomic E-state index is 0.00773. The van der Waals surface area contributed by atoms with Crippen molar-refractivity contribution in [1.29, 1.82) is 0 Å². The molecule has 2 aromatic heterocycles. The predicted octanol–water partition coefficient (Wildman–Crippen LogP) is 1.84. The fourth-order valence-electron chi connectivity index (χ4n) is 3.19. The molecule has 0 radical (unpaired) electrons. The van der Waals surface area contributed by atoms with Gasteiger partial charge in [0.15, 0.2) is 5.82 Å². The van der Waals surface area contributed by atoms with Gasteiger partial charge in [0.2, 0.25) is 0 Å². The zero-order valence-corrected chi connectivity index (χ0v) is 16.7. The van der Waals surface area contributed by atoms with Crippen molar-refractivity contribution in [2.45, 2.75) is 45.5 Å². The highest BCUT2D eigenvalue weighted by atomic mass is 31.1. The number of fused-ring (bicyclic) bond motifs is 1. The van der Waals surface area contributed by atoms with E-state index in [9.17, 15) is 4.79 Å². The summed E-state index contributed by atoms with van der Waals surface area (Å²) in [5, 5.41) is 7.23. The first-order valence-electron chi connectivity index (χ1n) is 8.98. The van der Waals surface area contributed by atoms with Gasteiger partial charge in [-0.05, 0) is 38.3 Å². The molecule has 4 atom stereocenters. The van der Waals surface area contributed by atoms with Crippen molar-refractivity contribution >= 4 is 26.3 Å². The average molecular weight is 395 g/mol. The highest BCUT2D eigenvalue weighted by Gasteiger charge is 2.35. The van der Waals surface area contributed by atoms with Gasteiger partial charge in [0, 0.05) is 0 Å². The van der Waals surface area contributed by atoms with Crippen LogP contribution in [0.1, 0.15) is 39.0 Å². The summed E-state index contributed by atoms with van der Waals surface area (Å²) in [5.74, 6) is 0.489. The van der Waals surface area contributed by atoms with Crippen LogP contribution in [0.5, 0.6) is 0 Å². The van der Waals surface area contributed by atoms with E-state index >= 15 is 0 Å². The number of nitrogens with zero attached hydrogens (tertiary/aromatic N) is 3. The molecule has 27 heavy (non-hydrogen) atoms. The van der Waals surface area contributed by atoms with Crippen molar-refractivity contribution in [1.82, 2.24) is 19.7 Å². The molecule has 0 aromatic carbocycles. The van der Waals surface area contributed by atoms with E-state index in [1.54, 1.807) is 4.52 Å². The molecule has 0 saturated carbocycles. The van der Waals surface area contributed by atoms with E-state index in [2.05, 4.69) is 22.1 Å². The van der Waals surface area contributed by atoms with E-state index < -0.39 is 0 Å². The number of aromatic nitrogens is 3. The topological polar surface area (TPSA) is 113 Å². The predicted molar refractivity (Wildman–Crippen MR) is 102 cm³/mol. The standard InChI is InChI=1S/C17H26N5O4P/c1-10(2)25-15(23)7-21-27-24-8-12-6-11(3)16(26-12)13-4-5-14-17(18)19-9-20-22(13)14/h4-5,9-12,16,21,27H,6-8H2,1-3H3,(H2,18,19,20). The van der Waals surface area contributed by atoms with E-state index in [4.69, 9.17) is 19.7 Å². The van der Waals surface area contributed by atoms with Gasteiger partial charge in [0.25, 0.3) is 0 Å². The number of nitrogen functional groups attached to an aromatic ring is 1. The molecule has 1 aliphatic rings. The molecule has 148 valence electrons. The highest BCUT2D eigenvalue weighted by Crippen LogP contribution is 2.39. The fourth-order valence-corrected chi connectivity index (χ4v) is 3.78. The van der Waals surface area contributed by atoms with Gasteiger partial charge in [-0.3, -0.25) is 9.88 Å². The Morgan fingerprint density at radius 3 is 3.11 bits per heavy atom. The lowest BCUT2D eigenvalue weighted by molar-refractivity contribution is -0.145. The van der Waals surface area contributed by atoms with Gasteiger partial charge in [-0.15, -0.1) is 0 Å². The van der Waals surface area contributed by atoms with Crippen LogP contribution in [0.15, 0.2) is 18.5 Å². The van der Waals surface area contributed by atoms with Crippen LogP contribution in [0, 0.1) is 5.92 Å². The molecule has 0 amide bonds. The largest absolute Gasteiger partial charge is 0.462 e. The number of nitrogens with one attached hydrogen (secondary N) is 1. The van der Waals surface area contributed by atoms with E-state index in [0.29, 0.717) is 18.3 Å². The molecule has 0 bridgehead atoms. The third-order valence-corrected chi connectivity index (χ3v) is 4.94. The van der Waals surface area contributed by atoms with Gasteiger partial charge in [-0.25, -0.2) is 9.50 Å². The van der Waals surface area contributed by atoms with Gasteiger partial charge in [0.05, 0.1) is 40.0 Å². The second-order valence-corrected chi connectivity index (χ2v) is 7.74. The quantitative estimate of drug-likeness (QED) is 0.396. The number of esters is 1. The molecule has 0 spiro atoms. The van der Waals surface area contributed by atoms with Crippen LogP contribution in [0.25, 0.3) is 5.52 Å². The van der Waals surface area contributed by atoms with Gasteiger partial charge >= 0.3 is 5.97 Å². The van der Waals surface area contributed by atoms with Crippen LogP contribution in [-0.4, -0.2) is 45.9 Å². The summed E-state index contributed by atoms with van der Waals surface area (Å²) in [6.07, 6.45) is 2.14. The van der Waals surface area contributed by atoms with Gasteiger partial charge in [0.1, 0.15) is 17.9 Å². The third kappa shape index (κ3) is 4.93. The molecular weight excluding hydrogens is 369 g/mol. The minimum Gasteiger partial charge on any atom is -0.462 e. The Balaban J connectivity index is 1.47. The molecule has 2 aromatic rings. The van der Waals surface area contributed by atoms with Crippen LogP contribution in [0.3, 0.4) is 0 Å². The van der Waals surface area contributed by atoms with Gasteiger partial charge in [-0.1, -0.05) is 6.92 Å². The number of hydrogen-bond acceptors (Lipinski definition) is 8. The summed E-state index contributed by atoms with van der Waals surface area (Å²) < 4.78 is 18.6. The maximum atomic E-state index is 11.4. The second kappa shape index (κ2) is 8.93. The molecule has 4 unspecified atom stereocenters. The van der Waals surface area contributed by atoms with Crippen LogP contribution < -0.4 is 10.8 Å². The molecule has 0 aliphatic carbocycles. The minimum atomic E-state index is -0.284. The van der Waals surface area contributed by atoms with Gasteiger partial charge < -0.3 is 19.7 Å². The molecule has 1 aliphatic heterocycles. The zero-order chi connectivity index (χ0) is 19.4.